The average molecular weight is 370 g/mol. The van der Waals surface area contributed by atoms with Crippen molar-refractivity contribution in [2.75, 3.05) is 12.4 Å². The van der Waals surface area contributed by atoms with Crippen molar-refractivity contribution in [1.29, 1.82) is 0 Å². The molecule has 4 N–H and O–H groups in total. The van der Waals surface area contributed by atoms with Gasteiger partial charge >= 0.3 is 0 Å². The summed E-state index contributed by atoms with van der Waals surface area (Å²) >= 11 is 4.64. The van der Waals surface area contributed by atoms with Gasteiger partial charge < -0.3 is 21.0 Å². The number of amidine groups is 1. The maximum atomic E-state index is 12.1. The number of rotatable bonds is 4. The van der Waals surface area contributed by atoms with Gasteiger partial charge in [-0.25, -0.2) is 0 Å². The van der Waals surface area contributed by atoms with E-state index in [4.69, 9.17) is 15.7 Å². The fourth-order valence-electron chi connectivity index (χ4n) is 1.63. The molecule has 1 aromatic carbocycles. The van der Waals surface area contributed by atoms with Gasteiger partial charge in [0.25, 0.3) is 5.91 Å². The molecular formula is C13H12BrN3O3S. The Morgan fingerprint density at radius 2 is 2.19 bits per heavy atom. The second-order valence-electron chi connectivity index (χ2n) is 3.96. The van der Waals surface area contributed by atoms with Gasteiger partial charge in [0.05, 0.1) is 21.5 Å². The van der Waals surface area contributed by atoms with Crippen molar-refractivity contribution in [3.05, 3.63) is 44.6 Å². The normalized spacial score (nSPS) is 11.2. The van der Waals surface area contributed by atoms with E-state index in [1.54, 1.807) is 30.3 Å². The highest BCUT2D eigenvalue weighted by Crippen LogP contribution is 2.28. The second kappa shape index (κ2) is 6.59. The number of hydrogen-bond donors (Lipinski definition) is 3. The quantitative estimate of drug-likeness (QED) is 0.334. The number of hydrogen-bond acceptors (Lipinski definition) is 5. The molecule has 110 valence electrons. The predicted octanol–water partition coefficient (Wildman–Crippen LogP) is 2.87. The molecule has 0 fully saturated rings. The lowest BCUT2D eigenvalue weighted by atomic mass is 10.1. The maximum Gasteiger partial charge on any atom is 0.265 e. The highest BCUT2D eigenvalue weighted by Gasteiger charge is 2.13. The van der Waals surface area contributed by atoms with Gasteiger partial charge in [-0.1, -0.05) is 5.16 Å². The summed E-state index contributed by atoms with van der Waals surface area (Å²) in [5.74, 6) is 0.150. The summed E-state index contributed by atoms with van der Waals surface area (Å²) in [6, 6.07) is 8.36. The van der Waals surface area contributed by atoms with Crippen LogP contribution in [0.1, 0.15) is 15.2 Å². The predicted molar refractivity (Wildman–Crippen MR) is 85.5 cm³/mol. The maximum absolute atomic E-state index is 12.1. The molecule has 2 rings (SSSR count). The van der Waals surface area contributed by atoms with Crippen molar-refractivity contribution in [2.45, 2.75) is 0 Å². The van der Waals surface area contributed by atoms with Crippen molar-refractivity contribution in [2.24, 2.45) is 10.9 Å². The molecule has 8 heteroatoms. The van der Waals surface area contributed by atoms with Crippen LogP contribution in [0, 0.1) is 0 Å². The topological polar surface area (TPSA) is 96.9 Å². The summed E-state index contributed by atoms with van der Waals surface area (Å²) in [6.45, 7) is 0. The molecule has 0 unspecified atom stereocenters. The molecule has 1 aromatic heterocycles. The first kappa shape index (κ1) is 15.3. The Labute approximate surface area is 133 Å². The van der Waals surface area contributed by atoms with Gasteiger partial charge in [-0.05, 0) is 46.3 Å². The van der Waals surface area contributed by atoms with Gasteiger partial charge in [-0.15, -0.1) is 11.3 Å². The number of amides is 1. The number of halogens is 1. The monoisotopic (exact) mass is 369 g/mol. The molecule has 0 bridgehead atoms. The highest BCUT2D eigenvalue weighted by atomic mass is 79.9. The van der Waals surface area contributed by atoms with Crippen LogP contribution in [-0.4, -0.2) is 24.1 Å². The van der Waals surface area contributed by atoms with Gasteiger partial charge in [-0.2, -0.15) is 0 Å². The number of oxime groups is 1. The Hall–Kier alpha value is -2.06. The SMILES string of the molecule is COc1cc(/C(N)=N/O)ccc1NC(=O)c1ccc(Br)s1. The molecule has 0 spiro atoms. The molecule has 1 heterocycles. The Morgan fingerprint density at radius 3 is 2.76 bits per heavy atom. The summed E-state index contributed by atoms with van der Waals surface area (Å²) in [7, 11) is 1.47. The van der Waals surface area contributed by atoms with Crippen molar-refractivity contribution in [3.8, 4) is 5.75 Å². The summed E-state index contributed by atoms with van der Waals surface area (Å²) in [5, 5.41) is 14.3. The number of anilines is 1. The highest BCUT2D eigenvalue weighted by molar-refractivity contribution is 9.11. The third kappa shape index (κ3) is 3.53. The van der Waals surface area contributed by atoms with Crippen LogP contribution in [0.25, 0.3) is 0 Å². The minimum absolute atomic E-state index is 0.0339. The van der Waals surface area contributed by atoms with E-state index in [9.17, 15) is 4.79 Å². The Bertz CT molecular complexity index is 700. The molecular weight excluding hydrogens is 358 g/mol. The van der Waals surface area contributed by atoms with E-state index < -0.39 is 0 Å². The zero-order chi connectivity index (χ0) is 15.4. The molecule has 0 atom stereocenters. The molecule has 6 nitrogen and oxygen atoms in total. The largest absolute Gasteiger partial charge is 0.495 e. The molecule has 0 aliphatic carbocycles. The third-order valence-corrected chi connectivity index (χ3v) is 4.27. The lowest BCUT2D eigenvalue weighted by molar-refractivity contribution is 0.103. The molecule has 2 aromatic rings. The van der Waals surface area contributed by atoms with Gasteiger partial charge in [0, 0.05) is 5.56 Å². The minimum atomic E-state index is -0.236. The van der Waals surface area contributed by atoms with E-state index in [1.807, 2.05) is 0 Å². The van der Waals surface area contributed by atoms with E-state index >= 15 is 0 Å². The van der Waals surface area contributed by atoms with Crippen LogP contribution in [0.15, 0.2) is 39.3 Å². The second-order valence-corrected chi connectivity index (χ2v) is 6.42. The number of benzene rings is 1. The van der Waals surface area contributed by atoms with Gasteiger partial charge in [0.15, 0.2) is 5.84 Å². The average Bonchev–Trinajstić information content (AvgIpc) is 2.93. The molecule has 0 saturated carbocycles. The molecule has 0 radical (unpaired) electrons. The molecule has 0 aliphatic heterocycles. The Balaban J connectivity index is 2.26. The van der Waals surface area contributed by atoms with Crippen LogP contribution in [0.2, 0.25) is 0 Å². The first-order valence-electron chi connectivity index (χ1n) is 5.77. The number of thiophene rings is 1. The zero-order valence-corrected chi connectivity index (χ0v) is 13.4. The van der Waals surface area contributed by atoms with Crippen LogP contribution in [0.4, 0.5) is 5.69 Å². The standard InChI is InChI=1S/C13H12BrN3O3S/c1-20-9-6-7(12(15)17-19)2-3-8(9)16-13(18)10-4-5-11(14)21-10/h2-6,19H,1H3,(H2,15,17)(H,16,18). The fourth-order valence-corrected chi connectivity index (χ4v) is 2.91. The van der Waals surface area contributed by atoms with Crippen LogP contribution >= 0.6 is 27.3 Å². The fraction of sp³-hybridized carbons (Fsp3) is 0.0769. The first-order valence-corrected chi connectivity index (χ1v) is 7.38. The molecule has 0 aliphatic rings. The number of nitrogens with two attached hydrogens (primary N) is 1. The van der Waals surface area contributed by atoms with Crippen LogP contribution < -0.4 is 15.8 Å². The summed E-state index contributed by atoms with van der Waals surface area (Å²) in [6.07, 6.45) is 0. The number of carbonyl (C=O) groups is 1. The number of carbonyl (C=O) groups excluding carboxylic acids is 1. The van der Waals surface area contributed by atoms with Crippen LogP contribution in [-0.2, 0) is 0 Å². The Morgan fingerprint density at radius 1 is 1.43 bits per heavy atom. The van der Waals surface area contributed by atoms with Gasteiger partial charge in [-0.3, -0.25) is 4.79 Å². The number of methoxy groups -OCH3 is 1. The minimum Gasteiger partial charge on any atom is -0.495 e. The molecule has 1 amide bonds. The number of nitrogens with one attached hydrogen (secondary N) is 1. The van der Waals surface area contributed by atoms with Crippen molar-refractivity contribution in [1.82, 2.24) is 0 Å². The van der Waals surface area contributed by atoms with Crippen LogP contribution in [0.3, 0.4) is 0 Å². The third-order valence-electron chi connectivity index (χ3n) is 2.65. The number of nitrogens with zero attached hydrogens (tertiary/aromatic N) is 1. The van der Waals surface area contributed by atoms with Gasteiger partial charge in [0.1, 0.15) is 5.75 Å². The van der Waals surface area contributed by atoms with Gasteiger partial charge in [0.2, 0.25) is 0 Å². The lowest BCUT2D eigenvalue weighted by Gasteiger charge is -2.11. The zero-order valence-electron chi connectivity index (χ0n) is 11.0. The summed E-state index contributed by atoms with van der Waals surface area (Å²) in [4.78, 5) is 12.7. The molecule has 21 heavy (non-hydrogen) atoms. The van der Waals surface area contributed by atoms with Crippen molar-refractivity contribution < 1.29 is 14.7 Å². The van der Waals surface area contributed by atoms with E-state index in [1.165, 1.54) is 18.4 Å². The van der Waals surface area contributed by atoms with E-state index in [-0.39, 0.29) is 11.7 Å². The number of ether oxygens (including phenoxy) is 1. The van der Waals surface area contributed by atoms with E-state index in [2.05, 4.69) is 26.4 Å². The van der Waals surface area contributed by atoms with Crippen LogP contribution in [0.5, 0.6) is 5.75 Å². The van der Waals surface area contributed by atoms with Crippen molar-refractivity contribution in [3.63, 3.8) is 0 Å². The van der Waals surface area contributed by atoms with E-state index in [0.717, 1.165) is 3.79 Å². The first-order chi connectivity index (χ1) is 10.0. The smallest absolute Gasteiger partial charge is 0.265 e. The summed E-state index contributed by atoms with van der Waals surface area (Å²) < 4.78 is 6.09. The van der Waals surface area contributed by atoms with Crippen molar-refractivity contribution >= 4 is 44.7 Å². The lowest BCUT2D eigenvalue weighted by Crippen LogP contribution is -2.15. The Kier molecular flexibility index (Phi) is 4.81. The molecule has 0 saturated heterocycles. The van der Waals surface area contributed by atoms with E-state index in [0.29, 0.717) is 21.9 Å². The summed E-state index contributed by atoms with van der Waals surface area (Å²) in [5.41, 5.74) is 6.51.